The molecule has 6 nitrogen and oxygen atoms in total. The quantitative estimate of drug-likeness (QED) is 0.574. The van der Waals surface area contributed by atoms with Crippen molar-refractivity contribution in [3.8, 4) is 5.75 Å². The zero-order valence-electron chi connectivity index (χ0n) is 15.0. The lowest BCUT2D eigenvalue weighted by Gasteiger charge is -2.05. The molecule has 0 atom stereocenters. The average Bonchev–Trinajstić information content (AvgIpc) is 3.04. The largest absolute Gasteiger partial charge is 0.497 e. The number of fused-ring (bicyclic) bond motifs is 2. The molecule has 0 bridgehead atoms. The lowest BCUT2D eigenvalue weighted by atomic mass is 10.1. The highest BCUT2D eigenvalue weighted by Gasteiger charge is 2.15. The summed E-state index contributed by atoms with van der Waals surface area (Å²) in [6.45, 7) is 3.86. The van der Waals surface area contributed by atoms with E-state index in [1.807, 2.05) is 26.0 Å². The number of hydrogen-bond donors (Lipinski definition) is 1. The second kappa shape index (κ2) is 6.51. The molecule has 27 heavy (non-hydrogen) atoms. The zero-order chi connectivity index (χ0) is 19.1. The van der Waals surface area contributed by atoms with Crippen LogP contribution in [0.3, 0.4) is 0 Å². The monoisotopic (exact) mass is 380 g/mol. The van der Waals surface area contributed by atoms with Gasteiger partial charge in [0.2, 0.25) is 0 Å². The number of thiazole rings is 1. The van der Waals surface area contributed by atoms with Crippen molar-refractivity contribution in [2.24, 2.45) is 0 Å². The van der Waals surface area contributed by atoms with Crippen molar-refractivity contribution in [2.75, 3.05) is 12.4 Å². The highest BCUT2D eigenvalue weighted by Crippen LogP contribution is 2.29. The van der Waals surface area contributed by atoms with E-state index in [1.165, 1.54) is 17.4 Å². The smallest absolute Gasteiger partial charge is 0.293 e. The SMILES string of the molecule is COc1ccc2nc(NC(=O)c3cc(=O)c4cc(C)c(C)cc4o3)sc2c1. The fraction of sp³-hybridized carbons (Fsp3) is 0.150. The van der Waals surface area contributed by atoms with Gasteiger partial charge in [0.05, 0.1) is 22.7 Å². The normalized spacial score (nSPS) is 11.1. The number of anilines is 1. The van der Waals surface area contributed by atoms with Crippen LogP contribution in [0.5, 0.6) is 5.75 Å². The minimum absolute atomic E-state index is 0.0485. The molecule has 0 radical (unpaired) electrons. The Bertz CT molecular complexity index is 1260. The van der Waals surface area contributed by atoms with Crippen molar-refractivity contribution in [3.63, 3.8) is 0 Å². The van der Waals surface area contributed by atoms with E-state index in [-0.39, 0.29) is 11.2 Å². The number of nitrogens with zero attached hydrogens (tertiary/aromatic N) is 1. The second-order valence-electron chi connectivity index (χ2n) is 6.21. The summed E-state index contributed by atoms with van der Waals surface area (Å²) in [6, 6.07) is 10.2. The van der Waals surface area contributed by atoms with Crippen LogP contribution in [0.2, 0.25) is 0 Å². The summed E-state index contributed by atoms with van der Waals surface area (Å²) < 4.78 is 11.7. The Balaban J connectivity index is 1.68. The van der Waals surface area contributed by atoms with Gasteiger partial charge in [-0.15, -0.1) is 0 Å². The summed E-state index contributed by atoms with van der Waals surface area (Å²) in [6.07, 6.45) is 0. The summed E-state index contributed by atoms with van der Waals surface area (Å²) in [7, 11) is 1.59. The lowest BCUT2D eigenvalue weighted by molar-refractivity contribution is 0.0997. The number of aromatic nitrogens is 1. The maximum atomic E-state index is 12.6. The van der Waals surface area contributed by atoms with Gasteiger partial charge < -0.3 is 9.15 Å². The summed E-state index contributed by atoms with van der Waals surface area (Å²) in [5, 5.41) is 3.58. The summed E-state index contributed by atoms with van der Waals surface area (Å²) in [5.74, 6) is 0.154. The molecule has 0 spiro atoms. The van der Waals surface area contributed by atoms with E-state index in [0.29, 0.717) is 16.1 Å². The van der Waals surface area contributed by atoms with E-state index < -0.39 is 5.91 Å². The molecule has 1 N–H and O–H groups in total. The maximum absolute atomic E-state index is 12.6. The van der Waals surface area contributed by atoms with Gasteiger partial charge >= 0.3 is 0 Å². The third-order valence-electron chi connectivity index (χ3n) is 4.38. The Morgan fingerprint density at radius 3 is 2.70 bits per heavy atom. The number of methoxy groups -OCH3 is 1. The van der Waals surface area contributed by atoms with Crippen LogP contribution in [0.25, 0.3) is 21.2 Å². The van der Waals surface area contributed by atoms with Gasteiger partial charge in [-0.2, -0.15) is 0 Å². The topological polar surface area (TPSA) is 81.4 Å². The van der Waals surface area contributed by atoms with Crippen molar-refractivity contribution in [3.05, 3.63) is 63.5 Å². The van der Waals surface area contributed by atoms with Gasteiger partial charge in [-0.1, -0.05) is 11.3 Å². The third-order valence-corrected chi connectivity index (χ3v) is 5.32. The minimum Gasteiger partial charge on any atom is -0.497 e. The fourth-order valence-electron chi connectivity index (χ4n) is 2.77. The number of rotatable bonds is 3. The molecule has 4 rings (SSSR count). The Labute approximate surface area is 158 Å². The second-order valence-corrected chi connectivity index (χ2v) is 7.24. The number of aryl methyl sites for hydroxylation is 2. The van der Waals surface area contributed by atoms with Crippen LogP contribution in [-0.2, 0) is 0 Å². The van der Waals surface area contributed by atoms with Crippen molar-refractivity contribution in [2.45, 2.75) is 13.8 Å². The number of carbonyl (C=O) groups is 1. The van der Waals surface area contributed by atoms with Crippen molar-refractivity contribution in [1.29, 1.82) is 0 Å². The van der Waals surface area contributed by atoms with Gasteiger partial charge in [-0.3, -0.25) is 14.9 Å². The molecule has 1 amide bonds. The zero-order valence-corrected chi connectivity index (χ0v) is 15.8. The molecule has 0 aliphatic heterocycles. The van der Waals surface area contributed by atoms with E-state index in [9.17, 15) is 9.59 Å². The molecular weight excluding hydrogens is 364 g/mol. The van der Waals surface area contributed by atoms with E-state index in [4.69, 9.17) is 9.15 Å². The molecule has 4 aromatic rings. The van der Waals surface area contributed by atoms with Crippen LogP contribution in [0, 0.1) is 13.8 Å². The third kappa shape index (κ3) is 3.17. The van der Waals surface area contributed by atoms with Crippen LogP contribution in [0.15, 0.2) is 45.6 Å². The first-order chi connectivity index (χ1) is 12.9. The molecular formula is C20H16N2O4S. The van der Waals surface area contributed by atoms with Crippen LogP contribution >= 0.6 is 11.3 Å². The Morgan fingerprint density at radius 1 is 1.15 bits per heavy atom. The molecule has 0 aliphatic carbocycles. The van der Waals surface area contributed by atoms with E-state index >= 15 is 0 Å². The number of ether oxygens (including phenoxy) is 1. The van der Waals surface area contributed by atoms with Gasteiger partial charge in [-0.05, 0) is 55.3 Å². The summed E-state index contributed by atoms with van der Waals surface area (Å²) >= 11 is 1.32. The summed E-state index contributed by atoms with van der Waals surface area (Å²) in [5.41, 5.74) is 2.88. The molecule has 0 saturated heterocycles. The number of amides is 1. The van der Waals surface area contributed by atoms with Crippen LogP contribution in [-0.4, -0.2) is 18.0 Å². The Hall–Kier alpha value is -3.19. The minimum atomic E-state index is -0.516. The Kier molecular flexibility index (Phi) is 4.16. The van der Waals surface area contributed by atoms with Crippen LogP contribution in [0.1, 0.15) is 21.7 Å². The van der Waals surface area contributed by atoms with Gasteiger partial charge in [0.1, 0.15) is 11.3 Å². The van der Waals surface area contributed by atoms with Gasteiger partial charge in [0, 0.05) is 6.07 Å². The van der Waals surface area contributed by atoms with E-state index in [1.54, 1.807) is 25.3 Å². The van der Waals surface area contributed by atoms with E-state index in [2.05, 4.69) is 10.3 Å². The van der Waals surface area contributed by atoms with Gasteiger partial charge in [0.15, 0.2) is 16.3 Å². The van der Waals surface area contributed by atoms with Gasteiger partial charge in [0.25, 0.3) is 5.91 Å². The molecule has 136 valence electrons. The molecule has 2 aromatic heterocycles. The van der Waals surface area contributed by atoms with E-state index in [0.717, 1.165) is 27.1 Å². The predicted molar refractivity (Wildman–Crippen MR) is 106 cm³/mol. The average molecular weight is 380 g/mol. The number of nitrogens with one attached hydrogen (secondary N) is 1. The predicted octanol–water partition coefficient (Wildman–Crippen LogP) is 4.28. The molecule has 0 unspecified atom stereocenters. The summed E-state index contributed by atoms with van der Waals surface area (Å²) in [4.78, 5) is 29.3. The first kappa shape index (κ1) is 17.2. The maximum Gasteiger partial charge on any atom is 0.293 e. The highest BCUT2D eigenvalue weighted by molar-refractivity contribution is 7.22. The first-order valence-electron chi connectivity index (χ1n) is 8.25. The number of carbonyl (C=O) groups excluding carboxylic acids is 1. The molecule has 0 fully saturated rings. The van der Waals surface area contributed by atoms with Gasteiger partial charge in [-0.25, -0.2) is 4.98 Å². The lowest BCUT2D eigenvalue weighted by Crippen LogP contribution is -2.15. The molecule has 0 saturated carbocycles. The molecule has 7 heteroatoms. The first-order valence-corrected chi connectivity index (χ1v) is 9.07. The number of hydrogen-bond acceptors (Lipinski definition) is 6. The molecule has 2 heterocycles. The number of benzene rings is 2. The molecule has 0 aliphatic rings. The van der Waals surface area contributed by atoms with Crippen LogP contribution < -0.4 is 15.5 Å². The Morgan fingerprint density at radius 2 is 1.93 bits per heavy atom. The molecule has 2 aromatic carbocycles. The van der Waals surface area contributed by atoms with Crippen LogP contribution in [0.4, 0.5) is 5.13 Å². The standard InChI is InChI=1S/C20H16N2O4S/c1-10-6-13-15(23)9-17(26-16(13)7-11(10)2)19(24)22-20-21-14-5-4-12(25-3)8-18(14)27-20/h4-9H,1-3H3,(H,21,22,24). The highest BCUT2D eigenvalue weighted by atomic mass is 32.1. The fourth-order valence-corrected chi connectivity index (χ4v) is 3.66. The van der Waals surface area contributed by atoms with Crippen molar-refractivity contribution in [1.82, 2.24) is 4.98 Å². The van der Waals surface area contributed by atoms with Crippen molar-refractivity contribution >= 4 is 43.6 Å². The van der Waals surface area contributed by atoms with Crippen molar-refractivity contribution < 1.29 is 13.9 Å².